The Balaban J connectivity index is 1.43. The summed E-state index contributed by atoms with van der Waals surface area (Å²) in [4.78, 5) is 26.5. The van der Waals surface area contributed by atoms with Gasteiger partial charge in [-0.15, -0.1) is 0 Å². The van der Waals surface area contributed by atoms with Crippen molar-refractivity contribution in [3.63, 3.8) is 0 Å². The number of quaternary nitrogens is 2. The Bertz CT molecular complexity index is 1040. The molecule has 3 aliphatic rings. The van der Waals surface area contributed by atoms with Crippen LogP contribution in [0.4, 0.5) is 0 Å². The first-order valence-electron chi connectivity index (χ1n) is 13.4. The molecule has 1 spiro atoms. The van der Waals surface area contributed by atoms with E-state index in [0.29, 0.717) is 23.2 Å². The highest BCUT2D eigenvalue weighted by atomic mass is 16.7. The van der Waals surface area contributed by atoms with Crippen molar-refractivity contribution in [3.05, 3.63) is 84.4 Å². The van der Waals surface area contributed by atoms with Crippen LogP contribution in [0.5, 0.6) is 0 Å². The van der Waals surface area contributed by atoms with E-state index in [2.05, 4.69) is 12.3 Å². The molecule has 3 saturated heterocycles. The predicted molar refractivity (Wildman–Crippen MR) is 138 cm³/mol. The Labute approximate surface area is 218 Å². The predicted octanol–water partition coefficient (Wildman–Crippen LogP) is 3.09. The van der Waals surface area contributed by atoms with Crippen LogP contribution in [0.25, 0.3) is 0 Å². The second-order valence-corrected chi connectivity index (χ2v) is 10.6. The molecule has 0 aliphatic carbocycles. The van der Waals surface area contributed by atoms with Crippen molar-refractivity contribution in [2.45, 2.75) is 68.4 Å². The van der Waals surface area contributed by atoms with E-state index in [1.165, 1.54) is 49.3 Å². The number of rotatable bonds is 9. The van der Waals surface area contributed by atoms with Crippen molar-refractivity contribution in [1.29, 1.82) is 0 Å². The van der Waals surface area contributed by atoms with Gasteiger partial charge in [0.2, 0.25) is 11.6 Å². The van der Waals surface area contributed by atoms with Crippen molar-refractivity contribution in [1.82, 2.24) is 0 Å². The minimum Gasteiger partial charge on any atom is -0.459 e. The van der Waals surface area contributed by atoms with Gasteiger partial charge in [0.1, 0.15) is 6.10 Å². The van der Waals surface area contributed by atoms with Crippen LogP contribution in [0.2, 0.25) is 0 Å². The number of piperidine rings is 1. The molecular formula is C30H38N2O5+2. The summed E-state index contributed by atoms with van der Waals surface area (Å²) in [5.74, 6) is -1.04. The maximum atomic E-state index is 14.2. The standard InChI is InChI=1S/C30H37N2O5/c1-2-27(31)28(33)35-21-36-30(22-11-5-3-6-12-22,23-13-7-4-8-14-23)29(34)37-26-19-24-15-16-25(20-26)32(24)17-9-10-18-32/h2-8,11-14,24-27H,1,9-10,15-21,31H2/q+1/p+1/t24?,25?,26?,27-/m0/s1. The highest BCUT2D eigenvalue weighted by Crippen LogP contribution is 2.47. The van der Waals surface area contributed by atoms with Gasteiger partial charge in [-0.25, -0.2) is 9.59 Å². The van der Waals surface area contributed by atoms with Gasteiger partial charge in [0, 0.05) is 38.5 Å². The van der Waals surface area contributed by atoms with E-state index >= 15 is 0 Å². The topological polar surface area (TPSA) is 89.5 Å². The van der Waals surface area contributed by atoms with Gasteiger partial charge in [-0.3, -0.25) is 0 Å². The maximum absolute atomic E-state index is 14.2. The minimum atomic E-state index is -1.58. The van der Waals surface area contributed by atoms with E-state index in [0.717, 1.165) is 12.8 Å². The van der Waals surface area contributed by atoms with Gasteiger partial charge in [0.15, 0.2) is 6.79 Å². The van der Waals surface area contributed by atoms with Crippen LogP contribution in [-0.2, 0) is 29.4 Å². The smallest absolute Gasteiger partial charge is 0.371 e. The Morgan fingerprint density at radius 1 is 0.973 bits per heavy atom. The molecule has 2 bridgehead atoms. The van der Waals surface area contributed by atoms with Crippen LogP contribution in [0, 0.1) is 0 Å². The maximum Gasteiger partial charge on any atom is 0.371 e. The Kier molecular flexibility index (Phi) is 7.47. The average Bonchev–Trinajstić information content (AvgIpc) is 3.48. The molecule has 7 nitrogen and oxygen atoms in total. The van der Waals surface area contributed by atoms with Gasteiger partial charge < -0.3 is 24.4 Å². The van der Waals surface area contributed by atoms with Crippen LogP contribution in [0.1, 0.15) is 49.7 Å². The van der Waals surface area contributed by atoms with E-state index in [1.807, 2.05) is 60.7 Å². The van der Waals surface area contributed by atoms with Gasteiger partial charge in [-0.1, -0.05) is 67.2 Å². The molecule has 7 heteroatoms. The summed E-state index contributed by atoms with van der Waals surface area (Å²) in [6, 6.07) is 19.0. The van der Waals surface area contributed by atoms with Crippen molar-refractivity contribution in [3.8, 4) is 0 Å². The van der Waals surface area contributed by atoms with E-state index in [9.17, 15) is 9.59 Å². The lowest BCUT2D eigenvalue weighted by Gasteiger charge is -2.47. The monoisotopic (exact) mass is 506 g/mol. The first kappa shape index (κ1) is 25.6. The number of nitrogens with zero attached hydrogens (tertiary/aromatic N) is 1. The number of esters is 2. The SMILES string of the molecule is C=C[C@H]([NH3+])C(=O)OCOC(C(=O)OC1CC2CCC(C1)[N+]21CCCC1)(c1ccccc1)c1ccccc1. The Morgan fingerprint density at radius 3 is 2.03 bits per heavy atom. The first-order valence-corrected chi connectivity index (χ1v) is 13.4. The fraction of sp³-hybridized carbons (Fsp3) is 0.467. The minimum absolute atomic E-state index is 0.155. The Morgan fingerprint density at radius 2 is 1.51 bits per heavy atom. The summed E-state index contributed by atoms with van der Waals surface area (Å²) >= 11 is 0. The molecule has 3 heterocycles. The van der Waals surface area contributed by atoms with Crippen LogP contribution in [0.3, 0.4) is 0 Å². The number of carbonyl (C=O) groups is 2. The normalized spacial score (nSPS) is 24.9. The fourth-order valence-electron chi connectivity index (χ4n) is 6.89. The third-order valence-corrected chi connectivity index (χ3v) is 8.74. The molecule has 0 aromatic heterocycles. The molecular weight excluding hydrogens is 468 g/mol. The summed E-state index contributed by atoms with van der Waals surface area (Å²) in [5.41, 5.74) is 3.38. The molecule has 3 N–H and O–H groups in total. The fourth-order valence-corrected chi connectivity index (χ4v) is 6.89. The van der Waals surface area contributed by atoms with E-state index in [4.69, 9.17) is 14.2 Å². The lowest BCUT2D eigenvalue weighted by molar-refractivity contribution is -0.956. The van der Waals surface area contributed by atoms with Gasteiger partial charge in [0.25, 0.3) is 0 Å². The molecule has 0 saturated carbocycles. The van der Waals surface area contributed by atoms with Gasteiger partial charge >= 0.3 is 11.9 Å². The van der Waals surface area contributed by atoms with E-state index < -0.39 is 30.4 Å². The summed E-state index contributed by atoms with van der Waals surface area (Å²) < 4.78 is 19.2. The van der Waals surface area contributed by atoms with Crippen LogP contribution >= 0.6 is 0 Å². The van der Waals surface area contributed by atoms with E-state index in [-0.39, 0.29) is 6.10 Å². The second kappa shape index (κ2) is 10.8. The van der Waals surface area contributed by atoms with Gasteiger partial charge in [-0.2, -0.15) is 0 Å². The molecule has 196 valence electrons. The van der Waals surface area contributed by atoms with Crippen molar-refractivity contribution < 1.29 is 34.0 Å². The van der Waals surface area contributed by atoms with Gasteiger partial charge in [0.05, 0.1) is 25.2 Å². The lowest BCUT2D eigenvalue weighted by Crippen LogP contribution is -2.64. The summed E-state index contributed by atoms with van der Waals surface area (Å²) in [7, 11) is 0. The quantitative estimate of drug-likeness (QED) is 0.244. The molecule has 2 aromatic carbocycles. The zero-order chi connectivity index (χ0) is 25.9. The highest BCUT2D eigenvalue weighted by molar-refractivity contribution is 5.86. The molecule has 37 heavy (non-hydrogen) atoms. The molecule has 0 amide bonds. The largest absolute Gasteiger partial charge is 0.459 e. The van der Waals surface area contributed by atoms with Gasteiger partial charge in [-0.05, 0) is 17.2 Å². The highest BCUT2D eigenvalue weighted by Gasteiger charge is 2.57. The molecule has 2 aromatic rings. The Hall–Kier alpha value is -3.00. The molecule has 3 fully saturated rings. The van der Waals surface area contributed by atoms with Crippen LogP contribution < -0.4 is 5.73 Å². The van der Waals surface area contributed by atoms with Crippen molar-refractivity contribution in [2.24, 2.45) is 0 Å². The number of benzene rings is 2. The molecule has 2 unspecified atom stereocenters. The van der Waals surface area contributed by atoms with Crippen LogP contribution in [0.15, 0.2) is 73.3 Å². The van der Waals surface area contributed by atoms with Crippen molar-refractivity contribution in [2.75, 3.05) is 19.9 Å². The molecule has 3 atom stereocenters. The molecule has 3 aliphatic heterocycles. The lowest BCUT2D eigenvalue weighted by atomic mass is 9.85. The molecule has 5 rings (SSSR count). The first-order chi connectivity index (χ1) is 18.0. The third kappa shape index (κ3) is 4.72. The zero-order valence-electron chi connectivity index (χ0n) is 21.4. The zero-order valence-corrected chi connectivity index (χ0v) is 21.4. The molecule has 0 radical (unpaired) electrons. The van der Waals surface area contributed by atoms with Crippen molar-refractivity contribution >= 4 is 11.9 Å². The average molecular weight is 507 g/mol. The van der Waals surface area contributed by atoms with E-state index in [1.54, 1.807) is 0 Å². The summed E-state index contributed by atoms with van der Waals surface area (Å²) in [6.45, 7) is 5.70. The number of carbonyl (C=O) groups excluding carboxylic acids is 2. The number of hydrogen-bond donors (Lipinski definition) is 1. The second-order valence-electron chi connectivity index (χ2n) is 10.6. The summed E-state index contributed by atoms with van der Waals surface area (Å²) in [5, 5.41) is 0. The van der Waals surface area contributed by atoms with Crippen LogP contribution in [-0.4, -0.2) is 60.5 Å². The number of ether oxygens (including phenoxy) is 3. The summed E-state index contributed by atoms with van der Waals surface area (Å²) in [6.07, 6.45) is 8.05. The third-order valence-electron chi connectivity index (χ3n) is 8.74. The number of hydrogen-bond acceptors (Lipinski definition) is 5.